The molecule has 0 atom stereocenters. The number of amides is 2. The molecule has 0 aliphatic carbocycles. The number of nitrogens with one attached hydrogen (secondary N) is 3. The number of hydrogen-bond donors (Lipinski definition) is 3. The smallest absolute Gasteiger partial charge is 0.350 e. The molecule has 1 aromatic carbocycles. The molecule has 3 aromatic rings. The first-order valence-corrected chi connectivity index (χ1v) is 7.88. The van der Waals surface area contributed by atoms with Gasteiger partial charge in [0, 0.05) is 18.1 Å². The van der Waals surface area contributed by atoms with E-state index in [0.29, 0.717) is 0 Å². The molecule has 0 saturated carbocycles. The third kappa shape index (κ3) is 4.60. The number of carbonyl (C=O) groups is 2. The Kier molecular flexibility index (Phi) is 5.06. The summed E-state index contributed by atoms with van der Waals surface area (Å²) in [7, 11) is 0. The number of hydrogen-bond acceptors (Lipinski definition) is 4. The molecule has 3 rings (SSSR count). The molecular weight excluding hydrogens is 363 g/mol. The van der Waals surface area contributed by atoms with Crippen molar-refractivity contribution in [3.05, 3.63) is 54.0 Å². The van der Waals surface area contributed by atoms with Crippen LogP contribution in [-0.4, -0.2) is 39.7 Å². The zero-order valence-electron chi connectivity index (χ0n) is 13.8. The van der Waals surface area contributed by atoms with E-state index in [0.717, 1.165) is 10.9 Å². The first kappa shape index (κ1) is 18.4. The fourth-order valence-electron chi connectivity index (χ4n) is 2.35. The van der Waals surface area contributed by atoms with Gasteiger partial charge in [0.05, 0.1) is 29.4 Å². The highest BCUT2D eigenvalue weighted by Gasteiger charge is 2.27. The van der Waals surface area contributed by atoms with Gasteiger partial charge in [0.2, 0.25) is 0 Å². The molecule has 10 heteroatoms. The van der Waals surface area contributed by atoms with Gasteiger partial charge in [-0.2, -0.15) is 18.3 Å². The normalized spacial score (nSPS) is 11.4. The van der Waals surface area contributed by atoms with Crippen molar-refractivity contribution < 1.29 is 22.8 Å². The highest BCUT2D eigenvalue weighted by Crippen LogP contribution is 2.19. The Balaban J connectivity index is 1.69. The number of fused-ring (bicyclic) bond motifs is 1. The molecule has 0 saturated heterocycles. The van der Waals surface area contributed by atoms with E-state index in [-0.39, 0.29) is 16.9 Å². The van der Waals surface area contributed by atoms with Gasteiger partial charge in [-0.3, -0.25) is 19.7 Å². The van der Waals surface area contributed by atoms with Crippen LogP contribution in [0.3, 0.4) is 0 Å². The van der Waals surface area contributed by atoms with Crippen molar-refractivity contribution >= 4 is 28.4 Å². The summed E-state index contributed by atoms with van der Waals surface area (Å²) in [6.07, 6.45) is -2.94. The minimum absolute atomic E-state index is 0.0534. The van der Waals surface area contributed by atoms with E-state index >= 15 is 0 Å². The second-order valence-electron chi connectivity index (χ2n) is 5.65. The maximum atomic E-state index is 12.4. The largest absolute Gasteiger partial charge is 0.390 e. The van der Waals surface area contributed by atoms with Crippen molar-refractivity contribution in [1.82, 2.24) is 20.5 Å². The van der Waals surface area contributed by atoms with Crippen molar-refractivity contribution in [3.63, 3.8) is 0 Å². The number of aromatic nitrogens is 3. The Morgan fingerprint density at radius 1 is 1.11 bits per heavy atom. The lowest BCUT2D eigenvalue weighted by Gasteiger charge is -2.09. The molecule has 0 fully saturated rings. The van der Waals surface area contributed by atoms with Crippen LogP contribution < -0.4 is 10.6 Å². The minimum atomic E-state index is -4.37. The Bertz CT molecular complexity index is 984. The first-order chi connectivity index (χ1) is 12.8. The summed E-state index contributed by atoms with van der Waals surface area (Å²) in [4.78, 5) is 28.6. The lowest BCUT2D eigenvalue weighted by molar-refractivity contribution is -0.133. The number of alkyl halides is 3. The quantitative estimate of drug-likeness (QED) is 0.637. The van der Waals surface area contributed by atoms with Crippen molar-refractivity contribution in [3.8, 4) is 0 Å². The molecule has 0 spiro atoms. The summed E-state index contributed by atoms with van der Waals surface area (Å²) < 4.78 is 36.5. The minimum Gasteiger partial charge on any atom is -0.350 e. The standard InChI is InChI=1S/C17H14F3N5O2/c18-17(19,20)5-6-21-16(27)14-13(9-23-25-14)24-15(26)11-7-10-3-1-2-4-12(10)22-8-11/h1-4,7-9H,5-6H2,(H,21,27)(H,23,25)(H,24,26). The zero-order chi connectivity index (χ0) is 19.4. The lowest BCUT2D eigenvalue weighted by Crippen LogP contribution is -2.29. The Morgan fingerprint density at radius 2 is 1.89 bits per heavy atom. The number of benzene rings is 1. The average Bonchev–Trinajstić information content (AvgIpc) is 3.08. The molecule has 2 amide bonds. The van der Waals surface area contributed by atoms with E-state index in [2.05, 4.69) is 25.8 Å². The molecule has 0 aliphatic rings. The Hall–Kier alpha value is -3.43. The second-order valence-corrected chi connectivity index (χ2v) is 5.65. The molecule has 2 aromatic heterocycles. The van der Waals surface area contributed by atoms with Crippen LogP contribution in [-0.2, 0) is 0 Å². The summed E-state index contributed by atoms with van der Waals surface area (Å²) in [5.41, 5.74) is 0.900. The fourth-order valence-corrected chi connectivity index (χ4v) is 2.35. The van der Waals surface area contributed by atoms with E-state index in [9.17, 15) is 22.8 Å². The van der Waals surface area contributed by atoms with Gasteiger partial charge in [-0.15, -0.1) is 0 Å². The molecule has 0 aliphatic heterocycles. The summed E-state index contributed by atoms with van der Waals surface area (Å²) in [5.74, 6) is -1.33. The lowest BCUT2D eigenvalue weighted by atomic mass is 10.1. The maximum Gasteiger partial charge on any atom is 0.390 e. The van der Waals surface area contributed by atoms with Gasteiger partial charge in [0.25, 0.3) is 11.8 Å². The van der Waals surface area contributed by atoms with Gasteiger partial charge >= 0.3 is 6.18 Å². The van der Waals surface area contributed by atoms with Gasteiger partial charge in [-0.1, -0.05) is 18.2 Å². The van der Waals surface area contributed by atoms with Gasteiger partial charge in [0.15, 0.2) is 0 Å². The molecule has 0 radical (unpaired) electrons. The fraction of sp³-hybridized carbons (Fsp3) is 0.176. The van der Waals surface area contributed by atoms with Crippen molar-refractivity contribution in [2.24, 2.45) is 0 Å². The van der Waals surface area contributed by atoms with Crippen LogP contribution >= 0.6 is 0 Å². The number of para-hydroxylation sites is 1. The summed E-state index contributed by atoms with van der Waals surface area (Å²) >= 11 is 0. The molecule has 27 heavy (non-hydrogen) atoms. The average molecular weight is 377 g/mol. The molecule has 7 nitrogen and oxygen atoms in total. The van der Waals surface area contributed by atoms with Crippen LogP contribution in [0, 0.1) is 0 Å². The van der Waals surface area contributed by atoms with Gasteiger partial charge < -0.3 is 10.6 Å². The molecular formula is C17H14F3N5O2. The van der Waals surface area contributed by atoms with Crippen LogP contribution in [0.4, 0.5) is 18.9 Å². The van der Waals surface area contributed by atoms with E-state index in [4.69, 9.17) is 0 Å². The summed E-state index contributed by atoms with van der Waals surface area (Å²) in [6.45, 7) is -0.580. The Morgan fingerprint density at radius 3 is 2.67 bits per heavy atom. The number of anilines is 1. The highest BCUT2D eigenvalue weighted by molar-refractivity contribution is 6.09. The number of halogens is 3. The predicted molar refractivity (Wildman–Crippen MR) is 91.3 cm³/mol. The topological polar surface area (TPSA) is 99.8 Å². The van der Waals surface area contributed by atoms with Crippen molar-refractivity contribution in [2.45, 2.75) is 12.6 Å². The van der Waals surface area contributed by atoms with Crippen molar-refractivity contribution in [2.75, 3.05) is 11.9 Å². The van der Waals surface area contributed by atoms with Crippen LogP contribution in [0.25, 0.3) is 10.9 Å². The number of carbonyl (C=O) groups excluding carboxylic acids is 2. The number of rotatable bonds is 5. The number of H-pyrrole nitrogens is 1. The Labute approximate surface area is 151 Å². The van der Waals surface area contributed by atoms with Crippen molar-refractivity contribution in [1.29, 1.82) is 0 Å². The van der Waals surface area contributed by atoms with Gasteiger partial charge in [-0.25, -0.2) is 0 Å². The monoisotopic (exact) mass is 377 g/mol. The summed E-state index contributed by atoms with van der Waals surface area (Å²) in [6, 6.07) is 8.88. The molecule has 140 valence electrons. The molecule has 3 N–H and O–H groups in total. The molecule has 2 heterocycles. The van der Waals surface area contributed by atoms with E-state index in [1.807, 2.05) is 12.1 Å². The van der Waals surface area contributed by atoms with Crippen LogP contribution in [0.2, 0.25) is 0 Å². The van der Waals surface area contributed by atoms with E-state index < -0.39 is 31.0 Å². The SMILES string of the molecule is O=C(Nc1cn[nH]c1C(=O)NCCC(F)(F)F)c1cnc2ccccc2c1. The van der Waals surface area contributed by atoms with Crippen LogP contribution in [0.5, 0.6) is 0 Å². The highest BCUT2D eigenvalue weighted by atomic mass is 19.4. The zero-order valence-corrected chi connectivity index (χ0v) is 13.8. The maximum absolute atomic E-state index is 12.4. The summed E-state index contributed by atoms with van der Waals surface area (Å²) in [5, 5.41) is 11.4. The van der Waals surface area contributed by atoms with Gasteiger partial charge in [-0.05, 0) is 12.1 Å². The second kappa shape index (κ2) is 7.44. The first-order valence-electron chi connectivity index (χ1n) is 7.88. The van der Waals surface area contributed by atoms with Gasteiger partial charge in [0.1, 0.15) is 5.69 Å². The van der Waals surface area contributed by atoms with Crippen LogP contribution in [0.15, 0.2) is 42.7 Å². The molecule has 0 unspecified atom stereocenters. The van der Waals surface area contributed by atoms with Crippen LogP contribution in [0.1, 0.15) is 27.3 Å². The number of aromatic amines is 1. The number of nitrogens with zero attached hydrogens (tertiary/aromatic N) is 2. The molecule has 0 bridgehead atoms. The third-order valence-electron chi connectivity index (χ3n) is 3.66. The third-order valence-corrected chi connectivity index (χ3v) is 3.66. The van der Waals surface area contributed by atoms with E-state index in [1.165, 1.54) is 12.4 Å². The number of pyridine rings is 1. The van der Waals surface area contributed by atoms with E-state index in [1.54, 1.807) is 18.2 Å². The predicted octanol–water partition coefficient (Wildman–Crippen LogP) is 2.89.